The number of nitrogens with zero attached hydrogens (tertiary/aromatic N) is 2. The highest BCUT2D eigenvalue weighted by molar-refractivity contribution is 9.10. The second-order valence-corrected chi connectivity index (χ2v) is 10.8. The van der Waals surface area contributed by atoms with Gasteiger partial charge in [-0.25, -0.2) is 12.7 Å². The summed E-state index contributed by atoms with van der Waals surface area (Å²) in [5.74, 6) is -1.85. The monoisotopic (exact) mass is 536 g/mol. The molecule has 0 aliphatic carbocycles. The zero-order valence-corrected chi connectivity index (χ0v) is 20.9. The lowest BCUT2D eigenvalue weighted by molar-refractivity contribution is -0.140. The van der Waals surface area contributed by atoms with Gasteiger partial charge in [-0.05, 0) is 48.4 Å². The summed E-state index contributed by atoms with van der Waals surface area (Å²) >= 11 is 3.38. The van der Waals surface area contributed by atoms with E-state index in [4.69, 9.17) is 4.74 Å². The minimum atomic E-state index is -3.65. The number of amides is 1. The predicted octanol–water partition coefficient (Wildman–Crippen LogP) is 3.16. The average Bonchev–Trinajstić information content (AvgIpc) is 3.04. The quantitative estimate of drug-likeness (QED) is 0.240. The van der Waals surface area contributed by atoms with Crippen LogP contribution in [-0.2, 0) is 24.3 Å². The van der Waals surface area contributed by atoms with Gasteiger partial charge in [-0.3, -0.25) is 9.59 Å². The first kappa shape index (κ1) is 25.1. The highest BCUT2D eigenvalue weighted by atomic mass is 79.9. The molecule has 1 heterocycles. The van der Waals surface area contributed by atoms with Crippen molar-refractivity contribution in [1.29, 1.82) is 0 Å². The topological polar surface area (TPSA) is 104 Å². The third-order valence-electron chi connectivity index (χ3n) is 5.38. The van der Waals surface area contributed by atoms with Crippen molar-refractivity contribution in [3.8, 4) is 0 Å². The van der Waals surface area contributed by atoms with Crippen LogP contribution in [0, 0.1) is 0 Å². The molecular formula is C23H25BrN2O6S. The van der Waals surface area contributed by atoms with Gasteiger partial charge in [-0.2, -0.15) is 0 Å². The van der Waals surface area contributed by atoms with Crippen molar-refractivity contribution in [2.24, 2.45) is 0 Å². The number of rotatable bonds is 8. The zero-order valence-electron chi connectivity index (χ0n) is 18.5. The number of aliphatic hydroxyl groups excluding tert-OH is 1. The van der Waals surface area contributed by atoms with E-state index in [0.29, 0.717) is 18.6 Å². The Balaban J connectivity index is 2.09. The lowest BCUT2D eigenvalue weighted by Gasteiger charge is -2.25. The van der Waals surface area contributed by atoms with Gasteiger partial charge in [-0.15, -0.1) is 0 Å². The Bertz CT molecular complexity index is 1170. The summed E-state index contributed by atoms with van der Waals surface area (Å²) in [7, 11) is 0.755. The maximum Gasteiger partial charge on any atom is 0.295 e. The van der Waals surface area contributed by atoms with Gasteiger partial charge in [0.15, 0.2) is 0 Å². The summed E-state index contributed by atoms with van der Waals surface area (Å²) in [6.07, 6.45) is 0.522. The maximum absolute atomic E-state index is 13.0. The molecule has 1 amide bonds. The first-order chi connectivity index (χ1) is 15.6. The molecule has 1 N–H and O–H groups in total. The molecule has 1 fully saturated rings. The van der Waals surface area contributed by atoms with Gasteiger partial charge in [0.2, 0.25) is 10.0 Å². The number of hydrogen-bond donors (Lipinski definition) is 1. The van der Waals surface area contributed by atoms with E-state index < -0.39 is 27.8 Å². The van der Waals surface area contributed by atoms with Crippen molar-refractivity contribution < 1.29 is 27.9 Å². The van der Waals surface area contributed by atoms with Crippen LogP contribution in [0.3, 0.4) is 0 Å². The van der Waals surface area contributed by atoms with Gasteiger partial charge in [0.1, 0.15) is 5.76 Å². The maximum atomic E-state index is 13.0. The number of halogens is 1. The molecule has 0 radical (unpaired) electrons. The number of Topliss-reactive ketones (excluding diaryl/α,β-unsaturated/α-hetero) is 1. The van der Waals surface area contributed by atoms with E-state index in [1.807, 2.05) is 0 Å². The Hall–Kier alpha value is -2.53. The molecular weight excluding hydrogens is 512 g/mol. The molecule has 0 spiro atoms. The van der Waals surface area contributed by atoms with E-state index in [9.17, 15) is 23.1 Å². The van der Waals surface area contributed by atoms with Crippen LogP contribution >= 0.6 is 15.9 Å². The van der Waals surface area contributed by atoms with E-state index in [1.54, 1.807) is 31.4 Å². The molecule has 10 heteroatoms. The Morgan fingerprint density at radius 2 is 1.70 bits per heavy atom. The van der Waals surface area contributed by atoms with Gasteiger partial charge in [0.25, 0.3) is 11.7 Å². The molecule has 1 saturated heterocycles. The smallest absolute Gasteiger partial charge is 0.295 e. The molecule has 2 aromatic rings. The van der Waals surface area contributed by atoms with Gasteiger partial charge < -0.3 is 14.7 Å². The summed E-state index contributed by atoms with van der Waals surface area (Å²) in [6, 6.07) is 11.9. The van der Waals surface area contributed by atoms with Crippen molar-refractivity contribution in [1.82, 2.24) is 9.21 Å². The third-order valence-corrected chi connectivity index (χ3v) is 7.74. The number of likely N-dealkylation sites (tertiary alicyclic amines) is 1. The number of carbonyl (C=O) groups is 2. The summed E-state index contributed by atoms with van der Waals surface area (Å²) in [6.45, 7) is 0.688. The van der Waals surface area contributed by atoms with Crippen molar-refractivity contribution in [3.63, 3.8) is 0 Å². The first-order valence-corrected chi connectivity index (χ1v) is 12.4. The molecule has 1 aliphatic heterocycles. The fourth-order valence-corrected chi connectivity index (χ4v) is 4.80. The predicted molar refractivity (Wildman–Crippen MR) is 127 cm³/mol. The van der Waals surface area contributed by atoms with Crippen LogP contribution in [0.25, 0.3) is 5.76 Å². The van der Waals surface area contributed by atoms with Gasteiger partial charge in [0.05, 0.1) is 16.5 Å². The Morgan fingerprint density at radius 3 is 2.24 bits per heavy atom. The molecule has 0 unspecified atom stereocenters. The van der Waals surface area contributed by atoms with Crippen LogP contribution in [-0.4, -0.2) is 68.8 Å². The fraction of sp³-hybridized carbons (Fsp3) is 0.304. The number of hydrogen-bond acceptors (Lipinski definition) is 6. The van der Waals surface area contributed by atoms with Gasteiger partial charge >= 0.3 is 0 Å². The average molecular weight is 537 g/mol. The number of ketones is 1. The molecule has 0 saturated carbocycles. The molecule has 33 heavy (non-hydrogen) atoms. The second-order valence-electron chi connectivity index (χ2n) is 7.70. The van der Waals surface area contributed by atoms with Crippen LogP contribution in [0.4, 0.5) is 0 Å². The van der Waals surface area contributed by atoms with Crippen molar-refractivity contribution in [2.45, 2.75) is 17.4 Å². The van der Waals surface area contributed by atoms with E-state index in [-0.39, 0.29) is 28.3 Å². The van der Waals surface area contributed by atoms with E-state index in [2.05, 4.69) is 15.9 Å². The molecule has 176 valence electrons. The van der Waals surface area contributed by atoms with Crippen LogP contribution in [0.15, 0.2) is 63.5 Å². The highest BCUT2D eigenvalue weighted by Crippen LogP contribution is 2.39. The standard InChI is InChI=1S/C23H25BrN2O6S/c1-25(2)33(30,31)18-11-7-16(8-12-18)21(27)19-20(15-5-9-17(24)10-6-15)26(13-4-14-32-3)23(29)22(19)28/h5-12,20,27H,4,13-14H2,1-3H3/t20-/m0/s1. The number of benzene rings is 2. The number of carbonyl (C=O) groups excluding carboxylic acids is 2. The largest absolute Gasteiger partial charge is 0.507 e. The SMILES string of the molecule is COCCCN1C(=O)C(=O)C(=C(O)c2ccc(S(=O)(=O)N(C)C)cc2)[C@@H]1c1ccc(Br)cc1. The summed E-state index contributed by atoms with van der Waals surface area (Å²) in [4.78, 5) is 27.3. The molecule has 1 atom stereocenters. The fourth-order valence-electron chi connectivity index (χ4n) is 3.63. The van der Waals surface area contributed by atoms with E-state index in [0.717, 1.165) is 8.78 Å². The zero-order chi connectivity index (χ0) is 24.3. The van der Waals surface area contributed by atoms with Crippen LogP contribution in [0.2, 0.25) is 0 Å². The Morgan fingerprint density at radius 1 is 1.09 bits per heavy atom. The lowest BCUT2D eigenvalue weighted by atomic mass is 9.95. The number of sulfonamides is 1. The van der Waals surface area contributed by atoms with Crippen LogP contribution < -0.4 is 0 Å². The number of aliphatic hydroxyl groups is 1. The molecule has 1 aliphatic rings. The molecule has 3 rings (SSSR count). The first-order valence-electron chi connectivity index (χ1n) is 10.2. The summed E-state index contributed by atoms with van der Waals surface area (Å²) in [5.41, 5.74) is 0.871. The highest BCUT2D eigenvalue weighted by Gasteiger charge is 2.45. The normalized spacial score (nSPS) is 18.3. The van der Waals surface area contributed by atoms with Crippen LogP contribution in [0.5, 0.6) is 0 Å². The molecule has 8 nitrogen and oxygen atoms in total. The van der Waals surface area contributed by atoms with E-state index in [1.165, 1.54) is 43.3 Å². The second kappa shape index (κ2) is 10.2. The van der Waals surface area contributed by atoms with Crippen molar-refractivity contribution >= 4 is 43.4 Å². The molecule has 2 aromatic carbocycles. The van der Waals surface area contributed by atoms with Gasteiger partial charge in [-0.1, -0.05) is 28.1 Å². The molecule has 0 aromatic heterocycles. The third kappa shape index (κ3) is 5.03. The minimum Gasteiger partial charge on any atom is -0.507 e. The van der Waals surface area contributed by atoms with Crippen molar-refractivity contribution in [2.75, 3.05) is 34.4 Å². The number of ether oxygens (including phenoxy) is 1. The summed E-state index contributed by atoms with van der Waals surface area (Å²) in [5, 5.41) is 11.1. The Kier molecular flexibility index (Phi) is 7.73. The van der Waals surface area contributed by atoms with Gasteiger partial charge in [0, 0.05) is 44.4 Å². The number of methoxy groups -OCH3 is 1. The van der Waals surface area contributed by atoms with E-state index >= 15 is 0 Å². The van der Waals surface area contributed by atoms with Crippen molar-refractivity contribution in [3.05, 3.63) is 69.7 Å². The Labute approximate surface area is 201 Å². The minimum absolute atomic E-state index is 0.0389. The van der Waals surface area contributed by atoms with Crippen LogP contribution in [0.1, 0.15) is 23.6 Å². The summed E-state index contributed by atoms with van der Waals surface area (Å²) < 4.78 is 31.7. The molecule has 0 bridgehead atoms. The lowest BCUT2D eigenvalue weighted by Crippen LogP contribution is -2.31.